The van der Waals surface area contributed by atoms with E-state index in [2.05, 4.69) is 37.3 Å². The average molecular weight is 250 g/mol. The van der Waals surface area contributed by atoms with Crippen LogP contribution in [0.2, 0.25) is 0 Å². The summed E-state index contributed by atoms with van der Waals surface area (Å²) >= 11 is 1.85. The fourth-order valence-corrected chi connectivity index (χ4v) is 2.97. The second kappa shape index (κ2) is 5.02. The van der Waals surface area contributed by atoms with Crippen molar-refractivity contribution in [2.45, 2.75) is 40.3 Å². The van der Waals surface area contributed by atoms with Gasteiger partial charge in [0.2, 0.25) is 0 Å². The minimum absolute atomic E-state index is 0.344. The fourth-order valence-electron chi connectivity index (χ4n) is 1.95. The molecule has 4 heteroatoms. The first-order chi connectivity index (χ1) is 8.06. The van der Waals surface area contributed by atoms with Crippen LogP contribution in [0.3, 0.4) is 0 Å². The van der Waals surface area contributed by atoms with Gasteiger partial charge in [-0.05, 0) is 39.3 Å². The lowest BCUT2D eigenvalue weighted by atomic mass is 10.1. The highest BCUT2D eigenvalue weighted by Gasteiger charge is 2.11. The Hall–Kier alpha value is -1.13. The molecule has 0 aliphatic carbocycles. The molecule has 0 bridgehead atoms. The zero-order valence-electron chi connectivity index (χ0n) is 10.7. The van der Waals surface area contributed by atoms with E-state index in [0.29, 0.717) is 6.04 Å². The van der Waals surface area contributed by atoms with Crippen molar-refractivity contribution in [3.05, 3.63) is 38.9 Å². The Kier molecular flexibility index (Phi) is 3.64. The molecule has 2 aromatic heterocycles. The van der Waals surface area contributed by atoms with E-state index >= 15 is 0 Å². The van der Waals surface area contributed by atoms with Crippen molar-refractivity contribution in [3.63, 3.8) is 0 Å². The zero-order chi connectivity index (χ0) is 12.4. The van der Waals surface area contributed by atoms with E-state index in [0.717, 1.165) is 18.0 Å². The Morgan fingerprint density at radius 3 is 2.65 bits per heavy atom. The standard InChI is InChI=1S/C13H18N2OS/c1-8-5-12(15-16-8)7-14-10(3)13-6-9(2)17-11(13)4/h5-6,10,14H,7H2,1-4H3. The highest BCUT2D eigenvalue weighted by atomic mass is 32.1. The van der Waals surface area contributed by atoms with E-state index in [1.165, 1.54) is 15.3 Å². The summed E-state index contributed by atoms with van der Waals surface area (Å²) in [6.45, 7) is 9.15. The normalized spacial score (nSPS) is 12.9. The molecule has 0 spiro atoms. The molecule has 2 heterocycles. The zero-order valence-corrected chi connectivity index (χ0v) is 11.5. The summed E-state index contributed by atoms with van der Waals surface area (Å²) in [6, 6.07) is 4.56. The smallest absolute Gasteiger partial charge is 0.133 e. The Balaban J connectivity index is 1.97. The molecule has 0 radical (unpaired) electrons. The van der Waals surface area contributed by atoms with E-state index < -0.39 is 0 Å². The van der Waals surface area contributed by atoms with Crippen LogP contribution in [-0.2, 0) is 6.54 Å². The third-order valence-corrected chi connectivity index (χ3v) is 3.79. The lowest BCUT2D eigenvalue weighted by Gasteiger charge is -2.12. The van der Waals surface area contributed by atoms with Crippen LogP contribution in [0.15, 0.2) is 16.7 Å². The summed E-state index contributed by atoms with van der Waals surface area (Å²) in [5.74, 6) is 0.858. The van der Waals surface area contributed by atoms with Gasteiger partial charge < -0.3 is 9.84 Å². The summed E-state index contributed by atoms with van der Waals surface area (Å²) in [6.07, 6.45) is 0. The van der Waals surface area contributed by atoms with Gasteiger partial charge in [-0.25, -0.2) is 0 Å². The van der Waals surface area contributed by atoms with Gasteiger partial charge in [-0.2, -0.15) is 0 Å². The molecule has 0 saturated carbocycles. The molecule has 2 rings (SSSR count). The van der Waals surface area contributed by atoms with Crippen LogP contribution < -0.4 is 5.32 Å². The molecule has 0 aliphatic rings. The van der Waals surface area contributed by atoms with Gasteiger partial charge in [0.05, 0.1) is 5.69 Å². The first-order valence-corrected chi connectivity index (χ1v) is 6.60. The first kappa shape index (κ1) is 12.3. The number of nitrogens with zero attached hydrogens (tertiary/aromatic N) is 1. The topological polar surface area (TPSA) is 38.1 Å². The van der Waals surface area contributed by atoms with E-state index in [9.17, 15) is 0 Å². The van der Waals surface area contributed by atoms with Gasteiger partial charge in [-0.15, -0.1) is 11.3 Å². The van der Waals surface area contributed by atoms with E-state index in [1.807, 2.05) is 24.3 Å². The maximum Gasteiger partial charge on any atom is 0.133 e. The number of hydrogen-bond donors (Lipinski definition) is 1. The van der Waals surface area contributed by atoms with Crippen molar-refractivity contribution >= 4 is 11.3 Å². The van der Waals surface area contributed by atoms with E-state index in [-0.39, 0.29) is 0 Å². The monoisotopic (exact) mass is 250 g/mol. The highest BCUT2D eigenvalue weighted by Crippen LogP contribution is 2.26. The number of hydrogen-bond acceptors (Lipinski definition) is 4. The molecule has 1 N–H and O–H groups in total. The van der Waals surface area contributed by atoms with Crippen molar-refractivity contribution in [1.82, 2.24) is 10.5 Å². The molecule has 1 atom stereocenters. The van der Waals surface area contributed by atoms with Gasteiger partial charge in [-0.1, -0.05) is 5.16 Å². The number of rotatable bonds is 4. The molecule has 0 aromatic carbocycles. The Morgan fingerprint density at radius 1 is 1.35 bits per heavy atom. The van der Waals surface area contributed by atoms with Crippen LogP contribution >= 0.6 is 11.3 Å². The van der Waals surface area contributed by atoms with Crippen LogP contribution in [-0.4, -0.2) is 5.16 Å². The summed E-state index contributed by atoms with van der Waals surface area (Å²) < 4.78 is 5.04. The molecule has 0 fully saturated rings. The van der Waals surface area contributed by atoms with Gasteiger partial charge in [0, 0.05) is 28.4 Å². The maximum atomic E-state index is 5.04. The number of nitrogens with one attached hydrogen (secondary N) is 1. The SMILES string of the molecule is Cc1cc(CNC(C)c2cc(C)sc2C)no1. The predicted octanol–water partition coefficient (Wildman–Crippen LogP) is 3.51. The van der Waals surface area contributed by atoms with Crippen molar-refractivity contribution in [3.8, 4) is 0 Å². The molecule has 0 amide bonds. The third-order valence-electron chi connectivity index (χ3n) is 2.81. The number of aryl methyl sites for hydroxylation is 3. The Morgan fingerprint density at radius 2 is 2.12 bits per heavy atom. The molecule has 0 saturated heterocycles. The highest BCUT2D eigenvalue weighted by molar-refractivity contribution is 7.12. The lowest BCUT2D eigenvalue weighted by molar-refractivity contribution is 0.386. The van der Waals surface area contributed by atoms with Gasteiger partial charge in [0.1, 0.15) is 5.76 Å². The summed E-state index contributed by atoms with van der Waals surface area (Å²) in [5, 5.41) is 7.44. The molecular weight excluding hydrogens is 232 g/mol. The van der Waals surface area contributed by atoms with E-state index in [1.54, 1.807) is 0 Å². The van der Waals surface area contributed by atoms with Crippen molar-refractivity contribution in [1.29, 1.82) is 0 Å². The summed E-state index contributed by atoms with van der Waals surface area (Å²) in [7, 11) is 0. The summed E-state index contributed by atoms with van der Waals surface area (Å²) in [4.78, 5) is 2.75. The average Bonchev–Trinajstić information content (AvgIpc) is 2.81. The maximum absolute atomic E-state index is 5.04. The quantitative estimate of drug-likeness (QED) is 0.902. The summed E-state index contributed by atoms with van der Waals surface area (Å²) in [5.41, 5.74) is 2.34. The number of thiophene rings is 1. The van der Waals surface area contributed by atoms with Crippen molar-refractivity contribution in [2.75, 3.05) is 0 Å². The fraction of sp³-hybridized carbons (Fsp3) is 0.462. The van der Waals surface area contributed by atoms with Crippen LogP contribution in [0.4, 0.5) is 0 Å². The van der Waals surface area contributed by atoms with Crippen LogP contribution in [0.1, 0.15) is 39.7 Å². The van der Waals surface area contributed by atoms with Gasteiger partial charge in [-0.3, -0.25) is 0 Å². The predicted molar refractivity (Wildman–Crippen MR) is 70.3 cm³/mol. The van der Waals surface area contributed by atoms with Gasteiger partial charge in [0.15, 0.2) is 0 Å². The third kappa shape index (κ3) is 2.96. The molecule has 92 valence electrons. The van der Waals surface area contributed by atoms with Crippen molar-refractivity contribution in [2.24, 2.45) is 0 Å². The Labute approximate surface area is 106 Å². The first-order valence-electron chi connectivity index (χ1n) is 5.79. The molecule has 1 unspecified atom stereocenters. The van der Waals surface area contributed by atoms with E-state index in [4.69, 9.17) is 4.52 Å². The van der Waals surface area contributed by atoms with Crippen molar-refractivity contribution < 1.29 is 4.52 Å². The molecule has 0 aliphatic heterocycles. The lowest BCUT2D eigenvalue weighted by Crippen LogP contribution is -2.18. The Bertz CT molecular complexity index is 501. The largest absolute Gasteiger partial charge is 0.361 e. The number of aromatic nitrogens is 1. The van der Waals surface area contributed by atoms with Crippen LogP contribution in [0.25, 0.3) is 0 Å². The molecular formula is C13H18N2OS. The molecule has 2 aromatic rings. The van der Waals surface area contributed by atoms with Crippen LogP contribution in [0, 0.1) is 20.8 Å². The molecule has 17 heavy (non-hydrogen) atoms. The van der Waals surface area contributed by atoms with Gasteiger partial charge >= 0.3 is 0 Å². The van der Waals surface area contributed by atoms with Crippen LogP contribution in [0.5, 0.6) is 0 Å². The second-order valence-corrected chi connectivity index (χ2v) is 5.86. The second-order valence-electron chi connectivity index (χ2n) is 4.40. The minimum atomic E-state index is 0.344. The minimum Gasteiger partial charge on any atom is -0.361 e. The van der Waals surface area contributed by atoms with Gasteiger partial charge in [0.25, 0.3) is 0 Å². The molecule has 3 nitrogen and oxygen atoms in total.